The molecule has 0 radical (unpaired) electrons. The van der Waals surface area contributed by atoms with Crippen LogP contribution in [0.1, 0.15) is 11.1 Å². The van der Waals surface area contributed by atoms with Gasteiger partial charge in [0.25, 0.3) is 0 Å². The molecule has 0 bridgehead atoms. The van der Waals surface area contributed by atoms with Crippen LogP contribution in [0.25, 0.3) is 0 Å². The van der Waals surface area contributed by atoms with Crippen LogP contribution >= 0.6 is 15.9 Å². The summed E-state index contributed by atoms with van der Waals surface area (Å²) in [6.45, 7) is -0.564. The lowest BCUT2D eigenvalue weighted by Gasteiger charge is -2.29. The van der Waals surface area contributed by atoms with E-state index in [4.69, 9.17) is 4.74 Å². The predicted octanol–water partition coefficient (Wildman–Crippen LogP) is 4.86. The maximum Gasteiger partial charge on any atom is 0.329 e. The number of sulfone groups is 1. The maximum absolute atomic E-state index is 14.7. The van der Waals surface area contributed by atoms with Gasteiger partial charge in [0, 0.05) is 28.4 Å². The van der Waals surface area contributed by atoms with Gasteiger partial charge in [0.1, 0.15) is 22.3 Å². The Hall–Kier alpha value is -3.12. The fraction of sp³-hybridized carbons (Fsp3) is 0.217. The predicted molar refractivity (Wildman–Crippen MR) is 127 cm³/mol. The zero-order valence-electron chi connectivity index (χ0n) is 18.6. The molecule has 2 heterocycles. The molecule has 4 rings (SSSR count). The average Bonchev–Trinajstić information content (AvgIpc) is 2.92. The smallest absolute Gasteiger partial charge is 0.329 e. The van der Waals surface area contributed by atoms with Crippen LogP contribution in [-0.4, -0.2) is 39.3 Å². The van der Waals surface area contributed by atoms with E-state index in [1.165, 1.54) is 42.5 Å². The summed E-state index contributed by atoms with van der Waals surface area (Å²) in [5.74, 6) is -2.50. The highest BCUT2D eigenvalue weighted by molar-refractivity contribution is 9.10. The number of methoxy groups -OCH3 is 1. The monoisotopic (exact) mass is 569 g/mol. The molecule has 184 valence electrons. The Morgan fingerprint density at radius 3 is 2.43 bits per heavy atom. The number of hydrogen-bond donors (Lipinski definition) is 0. The van der Waals surface area contributed by atoms with Gasteiger partial charge in [-0.15, -0.1) is 0 Å². The third-order valence-electron chi connectivity index (χ3n) is 5.56. The molecule has 0 spiro atoms. The number of anilines is 2. The van der Waals surface area contributed by atoms with Crippen molar-refractivity contribution in [1.29, 1.82) is 0 Å². The summed E-state index contributed by atoms with van der Waals surface area (Å²) in [5, 5.41) is 0. The number of carbonyl (C=O) groups is 1. The number of urea groups is 1. The van der Waals surface area contributed by atoms with Crippen molar-refractivity contribution in [2.24, 2.45) is 0 Å². The third-order valence-corrected chi connectivity index (χ3v) is 7.11. The summed E-state index contributed by atoms with van der Waals surface area (Å²) in [5.41, 5.74) is 0.0598. The Kier molecular flexibility index (Phi) is 6.78. The van der Waals surface area contributed by atoms with E-state index in [2.05, 4.69) is 20.9 Å². The molecule has 0 N–H and O–H groups in total. The maximum atomic E-state index is 14.7. The zero-order chi connectivity index (χ0) is 25.5. The van der Waals surface area contributed by atoms with E-state index in [0.717, 1.165) is 23.3 Å². The van der Waals surface area contributed by atoms with Crippen LogP contribution in [0.4, 0.5) is 29.3 Å². The van der Waals surface area contributed by atoms with Crippen molar-refractivity contribution in [3.8, 4) is 5.88 Å². The lowest BCUT2D eigenvalue weighted by Crippen LogP contribution is -2.43. The molecule has 0 aliphatic carbocycles. The van der Waals surface area contributed by atoms with Crippen LogP contribution in [0.15, 0.2) is 52.0 Å². The molecule has 2 aromatic carbocycles. The van der Waals surface area contributed by atoms with Gasteiger partial charge in [-0.1, -0.05) is 22.0 Å². The van der Waals surface area contributed by atoms with Crippen LogP contribution in [0.3, 0.4) is 0 Å². The number of carbonyl (C=O) groups excluding carboxylic acids is 1. The second kappa shape index (κ2) is 9.50. The van der Waals surface area contributed by atoms with Gasteiger partial charge in [0.15, 0.2) is 9.84 Å². The molecule has 1 aliphatic rings. The first-order valence-electron chi connectivity index (χ1n) is 10.2. The highest BCUT2D eigenvalue weighted by atomic mass is 79.9. The first kappa shape index (κ1) is 25.0. The van der Waals surface area contributed by atoms with Crippen molar-refractivity contribution in [1.82, 2.24) is 4.98 Å². The Labute approximate surface area is 208 Å². The summed E-state index contributed by atoms with van der Waals surface area (Å²) >= 11 is 3.02. The van der Waals surface area contributed by atoms with Crippen LogP contribution in [0.2, 0.25) is 0 Å². The van der Waals surface area contributed by atoms with E-state index in [1.807, 2.05) is 0 Å². The number of hydrogen-bond acceptors (Lipinski definition) is 5. The van der Waals surface area contributed by atoms with Crippen LogP contribution in [-0.2, 0) is 22.8 Å². The highest BCUT2D eigenvalue weighted by Crippen LogP contribution is 2.34. The normalized spacial score (nSPS) is 14.1. The number of halogens is 4. The minimum absolute atomic E-state index is 0.0359. The van der Waals surface area contributed by atoms with Gasteiger partial charge in [0.05, 0.1) is 31.2 Å². The molecule has 0 fully saturated rings. The van der Waals surface area contributed by atoms with Gasteiger partial charge in [-0.25, -0.2) is 31.4 Å². The number of amides is 2. The molecule has 0 unspecified atom stereocenters. The second-order valence-electron chi connectivity index (χ2n) is 7.83. The lowest BCUT2D eigenvalue weighted by molar-refractivity contribution is 0.251. The van der Waals surface area contributed by atoms with E-state index in [9.17, 15) is 26.4 Å². The molecule has 0 saturated heterocycles. The summed E-state index contributed by atoms with van der Waals surface area (Å²) < 4.78 is 73.8. The van der Waals surface area contributed by atoms with Gasteiger partial charge in [-0.05, 0) is 36.8 Å². The molecule has 0 saturated carbocycles. The van der Waals surface area contributed by atoms with Gasteiger partial charge < -0.3 is 4.74 Å². The summed E-state index contributed by atoms with van der Waals surface area (Å²) in [7, 11) is -2.51. The van der Waals surface area contributed by atoms with Gasteiger partial charge >= 0.3 is 6.03 Å². The summed E-state index contributed by atoms with van der Waals surface area (Å²) in [4.78, 5) is 19.7. The molecule has 1 aliphatic heterocycles. The molecule has 0 atom stereocenters. The largest absolute Gasteiger partial charge is 0.480 e. The fourth-order valence-electron chi connectivity index (χ4n) is 3.88. The van der Waals surface area contributed by atoms with Crippen molar-refractivity contribution in [3.63, 3.8) is 0 Å². The van der Waals surface area contributed by atoms with Crippen LogP contribution < -0.4 is 14.5 Å². The molecular formula is C23H19BrF3N3O4S. The lowest BCUT2D eigenvalue weighted by atomic mass is 10.1. The highest BCUT2D eigenvalue weighted by Gasteiger charge is 2.33. The first-order valence-corrected chi connectivity index (χ1v) is 12.9. The Morgan fingerprint density at radius 1 is 1.11 bits per heavy atom. The summed E-state index contributed by atoms with van der Waals surface area (Å²) in [6, 6.07) is 6.74. The Balaban J connectivity index is 1.84. The van der Waals surface area contributed by atoms with E-state index in [0.29, 0.717) is 0 Å². The molecule has 7 nitrogen and oxygen atoms in total. The van der Waals surface area contributed by atoms with Crippen molar-refractivity contribution in [2.45, 2.75) is 17.9 Å². The molecular weight excluding hydrogens is 551 g/mol. The van der Waals surface area contributed by atoms with Crippen LogP contribution in [0.5, 0.6) is 5.88 Å². The Morgan fingerprint density at radius 2 is 1.80 bits per heavy atom. The zero-order valence-corrected chi connectivity index (χ0v) is 21.0. The minimum Gasteiger partial charge on any atom is -0.480 e. The van der Waals surface area contributed by atoms with Crippen molar-refractivity contribution in [2.75, 3.05) is 29.7 Å². The molecule has 1 aromatic heterocycles. The average molecular weight is 570 g/mol. The third kappa shape index (κ3) is 4.85. The molecule has 35 heavy (non-hydrogen) atoms. The van der Waals surface area contributed by atoms with E-state index in [1.54, 1.807) is 0 Å². The van der Waals surface area contributed by atoms with Crippen LogP contribution in [0, 0.1) is 17.5 Å². The Bertz CT molecular complexity index is 1410. The number of fused-ring (bicyclic) bond motifs is 1. The minimum atomic E-state index is -3.77. The number of benzene rings is 2. The number of aromatic nitrogens is 1. The molecule has 12 heteroatoms. The standard InChI is InChI=1S/C23H19BrF3N3O4S/c1-34-22-21(35(2,32)33)10-14(11-28-22)29-7-6-15-17(25)4-3-5-20(15)30(23(29)31)12-16-18(26)8-13(24)9-19(16)27/h3-5,8-11H,6-7,12H2,1-2H3. The van der Waals surface area contributed by atoms with Gasteiger partial charge in [-0.2, -0.15) is 0 Å². The molecule has 3 aromatic rings. The number of ether oxygens (including phenoxy) is 1. The fourth-order valence-corrected chi connectivity index (χ4v) is 5.07. The van der Waals surface area contributed by atoms with Crippen molar-refractivity contribution >= 4 is 43.2 Å². The quantitative estimate of drug-likeness (QED) is 0.438. The van der Waals surface area contributed by atoms with Gasteiger partial charge in [-0.3, -0.25) is 9.80 Å². The number of nitrogens with zero attached hydrogens (tertiary/aromatic N) is 3. The van der Waals surface area contributed by atoms with Crippen molar-refractivity contribution < 1.29 is 31.1 Å². The molecule has 2 amide bonds. The topological polar surface area (TPSA) is 79.8 Å². The number of pyridine rings is 1. The van der Waals surface area contributed by atoms with E-state index in [-0.39, 0.29) is 50.7 Å². The number of rotatable bonds is 5. The first-order chi connectivity index (χ1) is 16.5. The van der Waals surface area contributed by atoms with Gasteiger partial charge in [0.2, 0.25) is 5.88 Å². The SMILES string of the molecule is COc1ncc(N2CCc3c(F)cccc3N(Cc3c(F)cc(Br)cc3F)C2=O)cc1S(C)(=O)=O. The van der Waals surface area contributed by atoms with E-state index < -0.39 is 39.9 Å². The van der Waals surface area contributed by atoms with E-state index >= 15 is 0 Å². The van der Waals surface area contributed by atoms with Crippen molar-refractivity contribution in [3.05, 3.63) is 75.6 Å². The summed E-state index contributed by atoms with van der Waals surface area (Å²) in [6.07, 6.45) is 2.28. The second-order valence-corrected chi connectivity index (χ2v) is 10.7.